The van der Waals surface area contributed by atoms with Gasteiger partial charge in [-0.25, -0.2) is 0 Å². The van der Waals surface area contributed by atoms with E-state index >= 15 is 0 Å². The van der Waals surface area contributed by atoms with E-state index in [1.165, 1.54) is 16.7 Å². The van der Waals surface area contributed by atoms with Gasteiger partial charge in [-0.05, 0) is 46.0 Å². The Balaban J connectivity index is 1.68. The molecule has 0 radical (unpaired) electrons. The first-order chi connectivity index (χ1) is 15.8. The first-order valence-corrected chi connectivity index (χ1v) is 11.0. The van der Waals surface area contributed by atoms with E-state index < -0.39 is 0 Å². The molecule has 2 heteroatoms. The van der Waals surface area contributed by atoms with Gasteiger partial charge in [0, 0.05) is 21.4 Å². The summed E-state index contributed by atoms with van der Waals surface area (Å²) < 4.78 is 6.44. The molecule has 0 aliphatic heterocycles. The molecule has 0 unspecified atom stereocenters. The Morgan fingerprint density at radius 2 is 1.09 bits per heavy atom. The van der Waals surface area contributed by atoms with Crippen LogP contribution in [0.5, 0.6) is 0 Å². The van der Waals surface area contributed by atoms with Crippen LogP contribution in [0.2, 0.25) is 5.02 Å². The molecule has 0 aliphatic carbocycles. The van der Waals surface area contributed by atoms with Crippen LogP contribution in [0.25, 0.3) is 55.3 Å². The van der Waals surface area contributed by atoms with Crippen molar-refractivity contribution >= 4 is 33.5 Å². The number of halogens is 1. The summed E-state index contributed by atoms with van der Waals surface area (Å²) in [5.74, 6) is 0. The molecule has 1 heterocycles. The molecule has 0 atom stereocenters. The second-order valence-electron chi connectivity index (χ2n) is 7.89. The van der Waals surface area contributed by atoms with E-state index in [0.29, 0.717) is 5.02 Å². The molecule has 0 fully saturated rings. The van der Waals surface area contributed by atoms with Crippen molar-refractivity contribution < 1.29 is 4.42 Å². The minimum atomic E-state index is 0.699. The molecule has 6 rings (SSSR count). The van der Waals surface area contributed by atoms with Gasteiger partial charge in [-0.2, -0.15) is 0 Å². The highest BCUT2D eigenvalue weighted by Gasteiger charge is 2.18. The van der Waals surface area contributed by atoms with Crippen molar-refractivity contribution in [2.75, 3.05) is 0 Å². The fraction of sp³-hybridized carbons (Fsp3) is 0. The fourth-order valence-electron chi connectivity index (χ4n) is 4.54. The van der Waals surface area contributed by atoms with Crippen molar-refractivity contribution in [3.8, 4) is 33.4 Å². The van der Waals surface area contributed by atoms with Crippen LogP contribution in [0.1, 0.15) is 0 Å². The molecule has 32 heavy (non-hydrogen) atoms. The zero-order valence-electron chi connectivity index (χ0n) is 17.3. The average Bonchev–Trinajstić information content (AvgIpc) is 3.23. The van der Waals surface area contributed by atoms with Gasteiger partial charge in [0.05, 0.1) is 0 Å². The highest BCUT2D eigenvalue weighted by atomic mass is 35.5. The Kier molecular flexibility index (Phi) is 4.56. The van der Waals surface area contributed by atoms with Gasteiger partial charge in [-0.15, -0.1) is 0 Å². The van der Waals surface area contributed by atoms with Gasteiger partial charge < -0.3 is 4.42 Å². The predicted molar refractivity (Wildman–Crippen MR) is 135 cm³/mol. The van der Waals surface area contributed by atoms with E-state index in [-0.39, 0.29) is 0 Å². The summed E-state index contributed by atoms with van der Waals surface area (Å²) in [4.78, 5) is 0. The molecule has 0 saturated carbocycles. The molecule has 6 aromatic rings. The summed E-state index contributed by atoms with van der Waals surface area (Å²) in [6.45, 7) is 0. The van der Waals surface area contributed by atoms with E-state index in [2.05, 4.69) is 72.8 Å². The molecule has 5 aromatic carbocycles. The number of rotatable bonds is 3. The average molecular weight is 431 g/mol. The maximum absolute atomic E-state index is 6.61. The van der Waals surface area contributed by atoms with Crippen molar-refractivity contribution in [1.29, 1.82) is 0 Å². The van der Waals surface area contributed by atoms with Crippen LogP contribution in [-0.4, -0.2) is 0 Å². The summed E-state index contributed by atoms with van der Waals surface area (Å²) in [7, 11) is 0. The summed E-state index contributed by atoms with van der Waals surface area (Å²) in [5.41, 5.74) is 8.52. The number of benzene rings is 5. The van der Waals surface area contributed by atoms with E-state index in [1.807, 2.05) is 42.5 Å². The quantitative estimate of drug-likeness (QED) is 0.272. The summed E-state index contributed by atoms with van der Waals surface area (Å²) in [6.07, 6.45) is 0. The van der Waals surface area contributed by atoms with Gasteiger partial charge in [0.2, 0.25) is 0 Å². The summed E-state index contributed by atoms with van der Waals surface area (Å²) in [5, 5.41) is 2.82. The molecule has 1 aromatic heterocycles. The Morgan fingerprint density at radius 1 is 0.500 bits per heavy atom. The Morgan fingerprint density at radius 3 is 1.81 bits per heavy atom. The molecular formula is C30H19ClO. The normalized spacial score (nSPS) is 11.3. The van der Waals surface area contributed by atoms with Crippen molar-refractivity contribution in [3.63, 3.8) is 0 Å². The van der Waals surface area contributed by atoms with Crippen LogP contribution in [0.3, 0.4) is 0 Å². The van der Waals surface area contributed by atoms with Gasteiger partial charge in [-0.1, -0.05) is 109 Å². The zero-order valence-corrected chi connectivity index (χ0v) is 18.0. The fourth-order valence-corrected chi connectivity index (χ4v) is 4.76. The Hall–Kier alpha value is -3.81. The second-order valence-corrected chi connectivity index (χ2v) is 8.32. The lowest BCUT2D eigenvalue weighted by Gasteiger charge is -2.11. The van der Waals surface area contributed by atoms with Gasteiger partial charge >= 0.3 is 0 Å². The van der Waals surface area contributed by atoms with E-state index in [1.54, 1.807) is 0 Å². The SMILES string of the molecule is Clc1cc(-c2ccccc2)c2oc3cccc(-c4ccccc4-c4ccccc4)c3c2c1. The number of furan rings is 1. The van der Waals surface area contributed by atoms with E-state index in [0.717, 1.165) is 38.6 Å². The minimum Gasteiger partial charge on any atom is -0.455 e. The Bertz CT molecular complexity index is 1560. The molecule has 1 nitrogen and oxygen atoms in total. The molecule has 0 N–H and O–H groups in total. The third-order valence-corrected chi connectivity index (χ3v) is 6.17. The van der Waals surface area contributed by atoms with Gasteiger partial charge in [0.1, 0.15) is 11.2 Å². The van der Waals surface area contributed by atoms with Crippen LogP contribution in [0, 0.1) is 0 Å². The second kappa shape index (κ2) is 7.71. The van der Waals surface area contributed by atoms with E-state index in [9.17, 15) is 0 Å². The van der Waals surface area contributed by atoms with Crippen LogP contribution >= 0.6 is 11.6 Å². The smallest absolute Gasteiger partial charge is 0.143 e. The maximum atomic E-state index is 6.61. The highest BCUT2D eigenvalue weighted by Crippen LogP contribution is 2.43. The van der Waals surface area contributed by atoms with Crippen LogP contribution in [-0.2, 0) is 0 Å². The van der Waals surface area contributed by atoms with Crippen LogP contribution < -0.4 is 0 Å². The lowest BCUT2D eigenvalue weighted by atomic mass is 9.91. The molecule has 0 aliphatic rings. The minimum absolute atomic E-state index is 0.699. The van der Waals surface area contributed by atoms with Crippen molar-refractivity contribution in [2.24, 2.45) is 0 Å². The first-order valence-electron chi connectivity index (χ1n) is 10.6. The number of fused-ring (bicyclic) bond motifs is 3. The third kappa shape index (κ3) is 3.10. The third-order valence-electron chi connectivity index (χ3n) is 5.95. The highest BCUT2D eigenvalue weighted by molar-refractivity contribution is 6.33. The van der Waals surface area contributed by atoms with Crippen molar-refractivity contribution in [3.05, 3.63) is 120 Å². The lowest BCUT2D eigenvalue weighted by Crippen LogP contribution is -1.86. The number of hydrogen-bond acceptors (Lipinski definition) is 1. The van der Waals surface area contributed by atoms with Crippen molar-refractivity contribution in [2.45, 2.75) is 0 Å². The first kappa shape index (κ1) is 18.9. The molecule has 0 bridgehead atoms. The van der Waals surface area contributed by atoms with Crippen molar-refractivity contribution in [1.82, 2.24) is 0 Å². The van der Waals surface area contributed by atoms with Crippen LogP contribution in [0.4, 0.5) is 0 Å². The summed E-state index contributed by atoms with van der Waals surface area (Å²) >= 11 is 6.61. The topological polar surface area (TPSA) is 13.1 Å². The lowest BCUT2D eigenvalue weighted by molar-refractivity contribution is 0.670. The van der Waals surface area contributed by atoms with Crippen LogP contribution in [0.15, 0.2) is 120 Å². The van der Waals surface area contributed by atoms with E-state index in [4.69, 9.17) is 16.0 Å². The standard InChI is InChI=1S/C30H19ClO/c31-22-18-26(21-12-5-2-6-13-21)30-27(19-22)29-25(16-9-17-28(29)32-30)24-15-8-7-14-23(24)20-10-3-1-4-11-20/h1-19H. The Labute approximate surface area is 191 Å². The summed E-state index contributed by atoms with van der Waals surface area (Å²) in [6, 6.07) is 39.6. The molecular weight excluding hydrogens is 412 g/mol. The predicted octanol–water partition coefficient (Wildman–Crippen LogP) is 9.24. The van der Waals surface area contributed by atoms with Gasteiger partial charge in [-0.3, -0.25) is 0 Å². The molecule has 0 spiro atoms. The zero-order chi connectivity index (χ0) is 21.5. The van der Waals surface area contributed by atoms with Gasteiger partial charge in [0.25, 0.3) is 0 Å². The number of hydrogen-bond donors (Lipinski definition) is 0. The largest absolute Gasteiger partial charge is 0.455 e. The maximum Gasteiger partial charge on any atom is 0.143 e. The molecule has 0 saturated heterocycles. The monoisotopic (exact) mass is 430 g/mol. The molecule has 0 amide bonds. The molecule has 152 valence electrons. The van der Waals surface area contributed by atoms with Gasteiger partial charge in [0.15, 0.2) is 0 Å².